The minimum Gasteiger partial charge on any atom is -0.344 e. The van der Waals surface area contributed by atoms with E-state index in [-0.39, 0.29) is 29.8 Å². The lowest BCUT2D eigenvalue weighted by atomic mass is 9.95. The minimum absolute atomic E-state index is 0.0714. The summed E-state index contributed by atoms with van der Waals surface area (Å²) in [6.45, 7) is 7.07. The number of carbonyl (C=O) groups excluding carboxylic acids is 2. The fourth-order valence-electron chi connectivity index (χ4n) is 3.97. The van der Waals surface area contributed by atoms with Crippen molar-refractivity contribution in [3.63, 3.8) is 0 Å². The maximum atomic E-state index is 13.1. The molecule has 8 nitrogen and oxygen atoms in total. The summed E-state index contributed by atoms with van der Waals surface area (Å²) in [6, 6.07) is 7.19. The van der Waals surface area contributed by atoms with Crippen molar-refractivity contribution >= 4 is 17.6 Å². The lowest BCUT2D eigenvalue weighted by molar-refractivity contribution is -0.127. The van der Waals surface area contributed by atoms with Crippen molar-refractivity contribution in [3.05, 3.63) is 41.5 Å². The quantitative estimate of drug-likeness (QED) is 0.728. The smallest absolute Gasteiger partial charge is 0.321 e. The van der Waals surface area contributed by atoms with Gasteiger partial charge >= 0.3 is 6.03 Å². The van der Waals surface area contributed by atoms with E-state index in [2.05, 4.69) is 20.8 Å². The molecule has 1 saturated carbocycles. The van der Waals surface area contributed by atoms with Crippen LogP contribution in [0.1, 0.15) is 68.8 Å². The highest BCUT2D eigenvalue weighted by Crippen LogP contribution is 2.38. The molecule has 166 valence electrons. The first-order valence-corrected chi connectivity index (χ1v) is 11.2. The van der Waals surface area contributed by atoms with Gasteiger partial charge in [-0.05, 0) is 56.2 Å². The van der Waals surface area contributed by atoms with Crippen molar-refractivity contribution in [1.29, 1.82) is 0 Å². The minimum atomic E-state index is -0.330. The van der Waals surface area contributed by atoms with Gasteiger partial charge in [0.2, 0.25) is 11.8 Å². The Bertz CT molecular complexity index is 937. The van der Waals surface area contributed by atoms with E-state index in [9.17, 15) is 9.59 Å². The number of piperidine rings is 1. The molecule has 3 amide bonds. The van der Waals surface area contributed by atoms with E-state index in [0.717, 1.165) is 42.8 Å². The number of nitrogens with zero attached hydrogens (tertiary/aromatic N) is 3. The summed E-state index contributed by atoms with van der Waals surface area (Å²) in [5.41, 5.74) is 1.85. The molecule has 2 unspecified atom stereocenters. The van der Waals surface area contributed by atoms with Crippen LogP contribution >= 0.6 is 0 Å². The van der Waals surface area contributed by atoms with Gasteiger partial charge in [0.05, 0.1) is 5.92 Å². The van der Waals surface area contributed by atoms with Crippen LogP contribution in [-0.4, -0.2) is 40.1 Å². The van der Waals surface area contributed by atoms with Gasteiger partial charge in [-0.25, -0.2) is 4.79 Å². The van der Waals surface area contributed by atoms with Crippen LogP contribution in [0.25, 0.3) is 0 Å². The maximum Gasteiger partial charge on any atom is 0.321 e. The molecule has 2 heterocycles. The molecule has 2 fully saturated rings. The van der Waals surface area contributed by atoms with Crippen molar-refractivity contribution in [1.82, 2.24) is 20.4 Å². The van der Waals surface area contributed by atoms with Gasteiger partial charge in [-0.1, -0.05) is 31.1 Å². The van der Waals surface area contributed by atoms with Gasteiger partial charge < -0.3 is 20.1 Å². The molecular weight excluding hydrogens is 394 g/mol. The van der Waals surface area contributed by atoms with E-state index >= 15 is 0 Å². The van der Waals surface area contributed by atoms with Crippen LogP contribution in [0.15, 0.2) is 28.8 Å². The molecule has 1 aliphatic heterocycles. The van der Waals surface area contributed by atoms with E-state index in [1.54, 1.807) is 4.90 Å². The van der Waals surface area contributed by atoms with Gasteiger partial charge in [-0.2, -0.15) is 4.98 Å². The average Bonchev–Trinajstić information content (AvgIpc) is 3.49. The second kappa shape index (κ2) is 9.08. The monoisotopic (exact) mass is 425 g/mol. The number of aromatic nitrogens is 2. The number of amides is 3. The number of hydrogen-bond donors (Lipinski definition) is 2. The molecule has 2 atom stereocenters. The van der Waals surface area contributed by atoms with Crippen molar-refractivity contribution in [2.45, 2.75) is 58.4 Å². The van der Waals surface area contributed by atoms with Gasteiger partial charge in [0, 0.05) is 24.7 Å². The van der Waals surface area contributed by atoms with Crippen LogP contribution in [0.3, 0.4) is 0 Å². The van der Waals surface area contributed by atoms with Crippen LogP contribution < -0.4 is 10.6 Å². The lowest BCUT2D eigenvalue weighted by Gasteiger charge is -2.33. The SMILES string of the molecule is Cc1cccc(NC(=O)N2CCCC(C(=O)NC(c3nc(C4CC4)no3)C(C)C)C2)c1. The van der Waals surface area contributed by atoms with E-state index in [4.69, 9.17) is 4.52 Å². The maximum absolute atomic E-state index is 13.1. The summed E-state index contributed by atoms with van der Waals surface area (Å²) in [4.78, 5) is 32.0. The Balaban J connectivity index is 1.37. The lowest BCUT2D eigenvalue weighted by Crippen LogP contribution is -2.47. The van der Waals surface area contributed by atoms with E-state index < -0.39 is 0 Å². The molecule has 0 radical (unpaired) electrons. The third-order valence-corrected chi connectivity index (χ3v) is 5.98. The second-order valence-corrected chi connectivity index (χ2v) is 9.08. The molecule has 8 heteroatoms. The number of nitrogens with one attached hydrogen (secondary N) is 2. The van der Waals surface area contributed by atoms with Crippen LogP contribution in [0.5, 0.6) is 0 Å². The molecule has 2 aliphatic rings. The predicted octanol–water partition coefficient (Wildman–Crippen LogP) is 4.01. The van der Waals surface area contributed by atoms with Crippen LogP contribution in [0, 0.1) is 18.8 Å². The van der Waals surface area contributed by atoms with E-state index in [0.29, 0.717) is 24.9 Å². The van der Waals surface area contributed by atoms with Gasteiger partial charge in [-0.15, -0.1) is 0 Å². The molecule has 0 bridgehead atoms. The third kappa shape index (κ3) is 5.24. The summed E-state index contributed by atoms with van der Waals surface area (Å²) in [7, 11) is 0. The predicted molar refractivity (Wildman–Crippen MR) is 116 cm³/mol. The summed E-state index contributed by atoms with van der Waals surface area (Å²) in [6.07, 6.45) is 3.74. The molecule has 1 saturated heterocycles. The molecule has 1 aliphatic carbocycles. The zero-order valence-electron chi connectivity index (χ0n) is 18.4. The third-order valence-electron chi connectivity index (χ3n) is 5.98. The molecule has 2 aromatic rings. The number of carbonyl (C=O) groups is 2. The van der Waals surface area contributed by atoms with Gasteiger partial charge in [0.1, 0.15) is 6.04 Å². The van der Waals surface area contributed by atoms with Crippen LogP contribution in [0.2, 0.25) is 0 Å². The fourth-order valence-corrected chi connectivity index (χ4v) is 3.97. The Kier molecular flexibility index (Phi) is 6.25. The van der Waals surface area contributed by atoms with Crippen LogP contribution in [0.4, 0.5) is 10.5 Å². The Hall–Kier alpha value is -2.90. The molecule has 4 rings (SSSR count). The Labute approximate surface area is 182 Å². The fraction of sp³-hybridized carbons (Fsp3) is 0.565. The molecule has 1 aromatic carbocycles. The van der Waals surface area contributed by atoms with E-state index in [1.165, 1.54) is 0 Å². The molecule has 2 N–H and O–H groups in total. The average molecular weight is 426 g/mol. The van der Waals surface area contributed by atoms with Gasteiger partial charge in [0.25, 0.3) is 0 Å². The van der Waals surface area contributed by atoms with Gasteiger partial charge in [0.15, 0.2) is 5.82 Å². The molecule has 0 spiro atoms. The highest BCUT2D eigenvalue weighted by atomic mass is 16.5. The van der Waals surface area contributed by atoms with E-state index in [1.807, 2.05) is 45.0 Å². The first-order chi connectivity index (χ1) is 14.9. The Morgan fingerprint density at radius 2 is 2.03 bits per heavy atom. The number of rotatable bonds is 6. The largest absolute Gasteiger partial charge is 0.344 e. The Morgan fingerprint density at radius 1 is 1.23 bits per heavy atom. The summed E-state index contributed by atoms with van der Waals surface area (Å²) in [5.74, 6) is 1.39. The van der Waals surface area contributed by atoms with Crippen molar-refractivity contribution < 1.29 is 14.1 Å². The molecule has 1 aromatic heterocycles. The number of hydrogen-bond acceptors (Lipinski definition) is 5. The molecule has 31 heavy (non-hydrogen) atoms. The van der Waals surface area contributed by atoms with Crippen LogP contribution in [-0.2, 0) is 4.79 Å². The standard InChI is InChI=1S/C23H31N5O3/c1-14(2)19(22-26-20(27-31-22)16-9-10-16)25-21(29)17-7-5-11-28(13-17)23(30)24-18-8-4-6-15(3)12-18/h4,6,8,12,14,16-17,19H,5,7,9-11,13H2,1-3H3,(H,24,30)(H,25,29). The summed E-state index contributed by atoms with van der Waals surface area (Å²) >= 11 is 0. The zero-order valence-corrected chi connectivity index (χ0v) is 18.4. The van der Waals surface area contributed by atoms with Gasteiger partial charge in [-0.3, -0.25) is 4.79 Å². The van der Waals surface area contributed by atoms with Crippen molar-refractivity contribution in [3.8, 4) is 0 Å². The second-order valence-electron chi connectivity index (χ2n) is 9.08. The van der Waals surface area contributed by atoms with Crippen molar-refractivity contribution in [2.24, 2.45) is 11.8 Å². The summed E-state index contributed by atoms with van der Waals surface area (Å²) < 4.78 is 5.46. The number of likely N-dealkylation sites (tertiary alicyclic amines) is 1. The highest BCUT2D eigenvalue weighted by Gasteiger charge is 2.34. The number of urea groups is 1. The molecular formula is C23H31N5O3. The number of aryl methyl sites for hydroxylation is 1. The first kappa shape index (κ1) is 21.3. The topological polar surface area (TPSA) is 100 Å². The number of benzene rings is 1. The normalized spacial score (nSPS) is 19.9. The first-order valence-electron chi connectivity index (χ1n) is 11.2. The summed E-state index contributed by atoms with van der Waals surface area (Å²) in [5, 5.41) is 10.1. The number of anilines is 1. The van der Waals surface area contributed by atoms with Crippen molar-refractivity contribution in [2.75, 3.05) is 18.4 Å². The Morgan fingerprint density at radius 3 is 2.74 bits per heavy atom. The highest BCUT2D eigenvalue weighted by molar-refractivity contribution is 5.90. The zero-order chi connectivity index (χ0) is 22.0.